The van der Waals surface area contributed by atoms with Crippen LogP contribution in [0.1, 0.15) is 25.7 Å². The molecule has 2 fully saturated rings. The number of isocyanates is 2. The first-order valence-corrected chi connectivity index (χ1v) is 5.94. The van der Waals surface area contributed by atoms with Crippen molar-refractivity contribution in [2.75, 3.05) is 13.1 Å². The molecule has 0 aromatic heterocycles. The van der Waals surface area contributed by atoms with E-state index in [4.69, 9.17) is 0 Å². The van der Waals surface area contributed by atoms with Crippen molar-refractivity contribution >= 4 is 12.2 Å². The molecule has 4 unspecified atom stereocenters. The highest BCUT2D eigenvalue weighted by Crippen LogP contribution is 2.54. The van der Waals surface area contributed by atoms with Gasteiger partial charge in [-0.1, -0.05) is 0 Å². The van der Waals surface area contributed by atoms with E-state index in [1.807, 2.05) is 0 Å². The lowest BCUT2D eigenvalue weighted by molar-refractivity contribution is 0.318. The van der Waals surface area contributed by atoms with Crippen molar-refractivity contribution in [3.8, 4) is 0 Å². The average molecular weight is 220 g/mol. The Kier molecular flexibility index (Phi) is 3.66. The molecule has 4 nitrogen and oxygen atoms in total. The van der Waals surface area contributed by atoms with Crippen LogP contribution < -0.4 is 0 Å². The summed E-state index contributed by atoms with van der Waals surface area (Å²) in [6, 6.07) is 0. The summed E-state index contributed by atoms with van der Waals surface area (Å²) in [5.74, 6) is 2.69. The maximum atomic E-state index is 10.1. The van der Waals surface area contributed by atoms with E-state index in [1.165, 1.54) is 19.3 Å². The van der Waals surface area contributed by atoms with Gasteiger partial charge in [-0.15, -0.1) is 0 Å². The topological polar surface area (TPSA) is 58.9 Å². The zero-order chi connectivity index (χ0) is 11.4. The molecule has 0 spiro atoms. The van der Waals surface area contributed by atoms with Crippen LogP contribution in [0.2, 0.25) is 0 Å². The molecule has 0 aromatic carbocycles. The molecule has 0 amide bonds. The number of fused-ring (bicyclic) bond motifs is 2. The number of nitrogens with zero attached hydrogens (tertiary/aromatic N) is 2. The summed E-state index contributed by atoms with van der Waals surface area (Å²) >= 11 is 0. The Hall–Kier alpha value is -1.24. The van der Waals surface area contributed by atoms with E-state index in [0.717, 1.165) is 12.3 Å². The Morgan fingerprint density at radius 1 is 1.12 bits per heavy atom. The van der Waals surface area contributed by atoms with Crippen LogP contribution in [0.4, 0.5) is 0 Å². The molecule has 2 aliphatic rings. The molecule has 16 heavy (non-hydrogen) atoms. The first kappa shape index (κ1) is 11.3. The quantitative estimate of drug-likeness (QED) is 0.523. The highest BCUT2D eigenvalue weighted by molar-refractivity contribution is 5.33. The summed E-state index contributed by atoms with van der Waals surface area (Å²) in [4.78, 5) is 27.5. The third-order valence-corrected chi connectivity index (χ3v) is 4.27. The highest BCUT2D eigenvalue weighted by atomic mass is 16.1. The van der Waals surface area contributed by atoms with E-state index in [-0.39, 0.29) is 0 Å². The van der Waals surface area contributed by atoms with Gasteiger partial charge < -0.3 is 0 Å². The Labute approximate surface area is 94.9 Å². The summed E-state index contributed by atoms with van der Waals surface area (Å²) < 4.78 is 0. The summed E-state index contributed by atoms with van der Waals surface area (Å²) in [7, 11) is 0. The molecule has 0 heterocycles. The minimum absolute atomic E-state index is 0.561. The summed E-state index contributed by atoms with van der Waals surface area (Å²) in [6.45, 7) is 1.24. The van der Waals surface area contributed by atoms with Gasteiger partial charge in [-0.3, -0.25) is 0 Å². The van der Waals surface area contributed by atoms with Gasteiger partial charge in [0.2, 0.25) is 12.2 Å². The smallest absolute Gasteiger partial charge is 0.211 e. The predicted molar refractivity (Wildman–Crippen MR) is 58.4 cm³/mol. The second-order valence-corrected chi connectivity index (χ2v) is 4.85. The number of aliphatic imine (C=N–C) groups is 2. The average Bonchev–Trinajstić information content (AvgIpc) is 2.84. The second kappa shape index (κ2) is 5.20. The normalized spacial score (nSPS) is 35.5. The van der Waals surface area contributed by atoms with Crippen molar-refractivity contribution in [3.05, 3.63) is 0 Å². The fourth-order valence-corrected chi connectivity index (χ4v) is 3.70. The Morgan fingerprint density at radius 3 is 2.69 bits per heavy atom. The molecule has 4 heteroatoms. The van der Waals surface area contributed by atoms with E-state index in [2.05, 4.69) is 9.98 Å². The maximum absolute atomic E-state index is 10.1. The van der Waals surface area contributed by atoms with E-state index in [0.29, 0.717) is 30.8 Å². The molecule has 86 valence electrons. The Balaban J connectivity index is 1.91. The van der Waals surface area contributed by atoms with Crippen molar-refractivity contribution in [1.29, 1.82) is 0 Å². The summed E-state index contributed by atoms with van der Waals surface area (Å²) in [5, 5.41) is 0. The minimum atomic E-state index is 0.561. The molecule has 2 rings (SSSR count). The zero-order valence-electron chi connectivity index (χ0n) is 9.26. The zero-order valence-corrected chi connectivity index (χ0v) is 9.26. The van der Waals surface area contributed by atoms with Crippen molar-refractivity contribution in [3.63, 3.8) is 0 Å². The first-order chi connectivity index (χ1) is 7.86. The third-order valence-electron chi connectivity index (χ3n) is 4.27. The van der Waals surface area contributed by atoms with Gasteiger partial charge in [0.05, 0.1) is 13.1 Å². The van der Waals surface area contributed by atoms with Gasteiger partial charge in [0.15, 0.2) is 0 Å². The van der Waals surface area contributed by atoms with Gasteiger partial charge >= 0.3 is 0 Å². The van der Waals surface area contributed by atoms with Crippen LogP contribution in [0.3, 0.4) is 0 Å². The lowest BCUT2D eigenvalue weighted by atomic mass is 9.87. The fourth-order valence-electron chi connectivity index (χ4n) is 3.70. The lowest BCUT2D eigenvalue weighted by Crippen LogP contribution is -2.15. The number of hydrogen-bond donors (Lipinski definition) is 0. The van der Waals surface area contributed by atoms with Gasteiger partial charge in [0.1, 0.15) is 0 Å². The van der Waals surface area contributed by atoms with Crippen LogP contribution in [-0.4, -0.2) is 25.2 Å². The van der Waals surface area contributed by atoms with Crippen molar-refractivity contribution in [2.45, 2.75) is 25.7 Å². The predicted octanol–water partition coefficient (Wildman–Crippen LogP) is 1.71. The van der Waals surface area contributed by atoms with Crippen molar-refractivity contribution in [1.82, 2.24) is 0 Å². The van der Waals surface area contributed by atoms with Crippen molar-refractivity contribution in [2.24, 2.45) is 33.7 Å². The van der Waals surface area contributed by atoms with E-state index in [9.17, 15) is 9.59 Å². The molecule has 0 radical (unpaired) electrons. The monoisotopic (exact) mass is 220 g/mol. The molecule has 0 saturated heterocycles. The SMILES string of the molecule is O=C=NCCC1C2CCC1C(CN=C=O)C2. The molecule has 4 atom stereocenters. The number of carbonyl (C=O) groups excluding carboxylic acids is 2. The molecule has 2 saturated carbocycles. The van der Waals surface area contributed by atoms with E-state index < -0.39 is 0 Å². The van der Waals surface area contributed by atoms with Gasteiger partial charge in [0.25, 0.3) is 0 Å². The molecular formula is C12H16N2O2. The number of hydrogen-bond acceptors (Lipinski definition) is 4. The molecule has 2 bridgehead atoms. The maximum Gasteiger partial charge on any atom is 0.234 e. The number of rotatable bonds is 5. The van der Waals surface area contributed by atoms with E-state index in [1.54, 1.807) is 12.2 Å². The van der Waals surface area contributed by atoms with Crippen LogP contribution in [0.5, 0.6) is 0 Å². The molecule has 0 N–H and O–H groups in total. The fraction of sp³-hybridized carbons (Fsp3) is 0.833. The highest BCUT2D eigenvalue weighted by Gasteiger charge is 2.46. The Bertz CT molecular complexity index is 343. The van der Waals surface area contributed by atoms with Gasteiger partial charge in [-0.25, -0.2) is 19.6 Å². The van der Waals surface area contributed by atoms with Gasteiger partial charge in [0, 0.05) is 0 Å². The van der Waals surface area contributed by atoms with Crippen LogP contribution >= 0.6 is 0 Å². The van der Waals surface area contributed by atoms with Crippen LogP contribution in [0, 0.1) is 23.7 Å². The molecule has 2 aliphatic carbocycles. The van der Waals surface area contributed by atoms with Crippen molar-refractivity contribution < 1.29 is 9.59 Å². The standard InChI is InChI=1S/C12H16N2O2/c15-7-13-4-3-12-9-1-2-11(12)10(5-9)6-14-8-16/h9-12H,1-6H2. The first-order valence-electron chi connectivity index (χ1n) is 5.94. The second-order valence-electron chi connectivity index (χ2n) is 4.85. The minimum Gasteiger partial charge on any atom is -0.211 e. The summed E-state index contributed by atoms with van der Waals surface area (Å²) in [6.07, 6.45) is 7.94. The lowest BCUT2D eigenvalue weighted by Gasteiger charge is -2.19. The van der Waals surface area contributed by atoms with Gasteiger partial charge in [-0.05, 0) is 49.4 Å². The molecule has 0 aliphatic heterocycles. The molecular weight excluding hydrogens is 204 g/mol. The Morgan fingerprint density at radius 2 is 1.94 bits per heavy atom. The third kappa shape index (κ3) is 2.13. The molecule has 0 aromatic rings. The van der Waals surface area contributed by atoms with Gasteiger partial charge in [-0.2, -0.15) is 0 Å². The van der Waals surface area contributed by atoms with Crippen LogP contribution in [-0.2, 0) is 9.59 Å². The van der Waals surface area contributed by atoms with Crippen LogP contribution in [0.15, 0.2) is 9.98 Å². The summed E-state index contributed by atoms with van der Waals surface area (Å²) in [5.41, 5.74) is 0. The van der Waals surface area contributed by atoms with E-state index >= 15 is 0 Å². The largest absolute Gasteiger partial charge is 0.234 e. The van der Waals surface area contributed by atoms with Crippen LogP contribution in [0.25, 0.3) is 0 Å².